The van der Waals surface area contributed by atoms with Gasteiger partial charge in [-0.05, 0) is 41.8 Å². The number of aromatic hydroxyl groups is 1. The molecule has 1 saturated heterocycles. The Hall–Kier alpha value is -0.670. The fourth-order valence-corrected chi connectivity index (χ4v) is 3.48. The summed E-state index contributed by atoms with van der Waals surface area (Å²) < 4.78 is 0. The molecular weight excluding hydrogens is 194 g/mol. The van der Waals surface area contributed by atoms with Crippen LogP contribution in [0, 0.1) is 5.92 Å². The number of hydrogen-bond donors (Lipinski definition) is 2. The average Bonchev–Trinajstić information content (AvgIpc) is 2.65. The maximum atomic E-state index is 9.39. The molecule has 0 radical (unpaired) electrons. The highest BCUT2D eigenvalue weighted by Crippen LogP contribution is 2.37. The van der Waals surface area contributed by atoms with Crippen molar-refractivity contribution in [1.82, 2.24) is 0 Å². The maximum Gasteiger partial charge on any atom is 0.115 e. The van der Waals surface area contributed by atoms with Crippen molar-refractivity contribution in [2.75, 3.05) is 18.1 Å². The van der Waals surface area contributed by atoms with Crippen LogP contribution in [0.15, 0.2) is 24.3 Å². The Morgan fingerprint density at radius 2 is 2.29 bits per heavy atom. The van der Waals surface area contributed by atoms with Crippen LogP contribution in [0.1, 0.15) is 11.5 Å². The number of phenolic OH excluding ortho intramolecular Hbond substituents is 1. The van der Waals surface area contributed by atoms with Crippen molar-refractivity contribution in [2.24, 2.45) is 11.7 Å². The second-order valence-electron chi connectivity index (χ2n) is 3.73. The Kier molecular flexibility index (Phi) is 2.99. The van der Waals surface area contributed by atoms with E-state index in [4.69, 9.17) is 5.73 Å². The third-order valence-electron chi connectivity index (χ3n) is 2.80. The Bertz CT molecular complexity index is 316. The summed E-state index contributed by atoms with van der Waals surface area (Å²) in [6.45, 7) is 0.743. The van der Waals surface area contributed by atoms with Gasteiger partial charge in [0.25, 0.3) is 0 Å². The first-order valence-electron chi connectivity index (χ1n) is 4.88. The van der Waals surface area contributed by atoms with E-state index in [0.29, 0.717) is 17.6 Å². The lowest BCUT2D eigenvalue weighted by atomic mass is 9.89. The van der Waals surface area contributed by atoms with E-state index in [0.717, 1.165) is 18.1 Å². The molecule has 2 atom stereocenters. The molecule has 3 heteroatoms. The molecule has 3 N–H and O–H groups in total. The Balaban J connectivity index is 2.21. The smallest absolute Gasteiger partial charge is 0.115 e. The minimum absolute atomic E-state index is 0.357. The summed E-state index contributed by atoms with van der Waals surface area (Å²) in [4.78, 5) is 0. The van der Waals surface area contributed by atoms with Gasteiger partial charge in [0.05, 0.1) is 0 Å². The lowest BCUT2D eigenvalue weighted by molar-refractivity contribution is 0.471. The van der Waals surface area contributed by atoms with Crippen molar-refractivity contribution in [2.45, 2.75) is 5.92 Å². The third kappa shape index (κ3) is 1.88. The molecular formula is C11H15NOS. The highest BCUT2D eigenvalue weighted by Gasteiger charge is 2.27. The second-order valence-corrected chi connectivity index (χ2v) is 4.81. The Morgan fingerprint density at radius 3 is 3.00 bits per heavy atom. The highest BCUT2D eigenvalue weighted by atomic mass is 32.2. The molecule has 2 rings (SSSR count). The van der Waals surface area contributed by atoms with Gasteiger partial charge in [-0.2, -0.15) is 11.8 Å². The van der Waals surface area contributed by atoms with Crippen LogP contribution in [0.4, 0.5) is 0 Å². The fourth-order valence-electron chi connectivity index (χ4n) is 1.95. The Labute approximate surface area is 88.5 Å². The Morgan fingerprint density at radius 1 is 1.43 bits per heavy atom. The summed E-state index contributed by atoms with van der Waals surface area (Å²) in [5.74, 6) is 3.73. The number of rotatable bonds is 2. The van der Waals surface area contributed by atoms with Crippen LogP contribution in [-0.2, 0) is 0 Å². The molecule has 1 aromatic rings. The molecule has 0 aromatic heterocycles. The van der Waals surface area contributed by atoms with Crippen LogP contribution in [-0.4, -0.2) is 23.2 Å². The summed E-state index contributed by atoms with van der Waals surface area (Å²) in [6, 6.07) is 7.56. The molecule has 1 fully saturated rings. The first kappa shape index (κ1) is 9.87. The molecule has 1 aliphatic heterocycles. The van der Waals surface area contributed by atoms with Gasteiger partial charge >= 0.3 is 0 Å². The summed E-state index contributed by atoms with van der Waals surface area (Å²) in [7, 11) is 0. The standard InChI is InChI=1S/C11H15NOS/c12-5-9-6-14-7-11(9)8-2-1-3-10(13)4-8/h1-4,9,11,13H,5-7,12H2. The van der Waals surface area contributed by atoms with E-state index in [1.807, 2.05) is 23.9 Å². The van der Waals surface area contributed by atoms with Crippen molar-refractivity contribution in [3.63, 3.8) is 0 Å². The van der Waals surface area contributed by atoms with Crippen LogP contribution in [0.5, 0.6) is 5.75 Å². The second kappa shape index (κ2) is 4.24. The lowest BCUT2D eigenvalue weighted by Gasteiger charge is -2.17. The zero-order valence-corrected chi connectivity index (χ0v) is 8.83. The number of benzene rings is 1. The molecule has 0 saturated carbocycles. The first-order chi connectivity index (χ1) is 6.81. The SMILES string of the molecule is NCC1CSCC1c1cccc(O)c1. The van der Waals surface area contributed by atoms with Gasteiger partial charge in [-0.25, -0.2) is 0 Å². The molecule has 1 aliphatic rings. The topological polar surface area (TPSA) is 46.2 Å². The van der Waals surface area contributed by atoms with Crippen molar-refractivity contribution >= 4 is 11.8 Å². The van der Waals surface area contributed by atoms with E-state index >= 15 is 0 Å². The number of phenols is 1. The normalized spacial score (nSPS) is 26.6. The summed E-state index contributed by atoms with van der Waals surface area (Å²) in [6.07, 6.45) is 0. The third-order valence-corrected chi connectivity index (χ3v) is 4.06. The van der Waals surface area contributed by atoms with E-state index in [9.17, 15) is 5.11 Å². The van der Waals surface area contributed by atoms with E-state index in [1.165, 1.54) is 5.56 Å². The van der Waals surface area contributed by atoms with Crippen LogP contribution in [0.2, 0.25) is 0 Å². The molecule has 0 spiro atoms. The van der Waals surface area contributed by atoms with Gasteiger partial charge in [0.1, 0.15) is 5.75 Å². The minimum atomic E-state index is 0.357. The molecule has 14 heavy (non-hydrogen) atoms. The van der Waals surface area contributed by atoms with E-state index < -0.39 is 0 Å². The zero-order chi connectivity index (χ0) is 9.97. The van der Waals surface area contributed by atoms with Crippen LogP contribution in [0.3, 0.4) is 0 Å². The van der Waals surface area contributed by atoms with Crippen LogP contribution >= 0.6 is 11.8 Å². The lowest BCUT2D eigenvalue weighted by Crippen LogP contribution is -2.20. The molecule has 0 aliphatic carbocycles. The molecule has 1 aromatic carbocycles. The number of nitrogens with two attached hydrogens (primary N) is 1. The van der Waals surface area contributed by atoms with Gasteiger partial charge < -0.3 is 10.8 Å². The number of thioether (sulfide) groups is 1. The predicted molar refractivity (Wildman–Crippen MR) is 60.7 cm³/mol. The summed E-state index contributed by atoms with van der Waals surface area (Å²) in [5, 5.41) is 9.39. The van der Waals surface area contributed by atoms with Gasteiger partial charge in [0.15, 0.2) is 0 Å². The van der Waals surface area contributed by atoms with E-state index in [-0.39, 0.29) is 0 Å². The van der Waals surface area contributed by atoms with Crippen LogP contribution < -0.4 is 5.73 Å². The fraction of sp³-hybridized carbons (Fsp3) is 0.455. The molecule has 0 amide bonds. The van der Waals surface area contributed by atoms with Crippen molar-refractivity contribution in [3.8, 4) is 5.75 Å². The average molecular weight is 209 g/mol. The van der Waals surface area contributed by atoms with Gasteiger partial charge in [0.2, 0.25) is 0 Å². The molecule has 2 nitrogen and oxygen atoms in total. The maximum absolute atomic E-state index is 9.39. The predicted octanol–water partition coefficient (Wildman–Crippen LogP) is 1.80. The molecule has 2 unspecified atom stereocenters. The van der Waals surface area contributed by atoms with E-state index in [2.05, 4.69) is 6.07 Å². The van der Waals surface area contributed by atoms with E-state index in [1.54, 1.807) is 6.07 Å². The van der Waals surface area contributed by atoms with Crippen molar-refractivity contribution < 1.29 is 5.11 Å². The van der Waals surface area contributed by atoms with Crippen LogP contribution in [0.25, 0.3) is 0 Å². The largest absolute Gasteiger partial charge is 0.508 e. The van der Waals surface area contributed by atoms with Gasteiger partial charge in [-0.1, -0.05) is 12.1 Å². The minimum Gasteiger partial charge on any atom is -0.508 e. The summed E-state index contributed by atoms with van der Waals surface area (Å²) >= 11 is 1.95. The van der Waals surface area contributed by atoms with Gasteiger partial charge in [0, 0.05) is 5.75 Å². The van der Waals surface area contributed by atoms with Crippen molar-refractivity contribution in [1.29, 1.82) is 0 Å². The monoisotopic (exact) mass is 209 g/mol. The first-order valence-corrected chi connectivity index (χ1v) is 6.03. The highest BCUT2D eigenvalue weighted by molar-refractivity contribution is 7.99. The zero-order valence-electron chi connectivity index (χ0n) is 8.02. The summed E-state index contributed by atoms with van der Waals surface area (Å²) in [5.41, 5.74) is 6.95. The molecule has 76 valence electrons. The quantitative estimate of drug-likeness (QED) is 0.780. The number of hydrogen-bond acceptors (Lipinski definition) is 3. The van der Waals surface area contributed by atoms with Gasteiger partial charge in [-0.3, -0.25) is 0 Å². The van der Waals surface area contributed by atoms with Gasteiger partial charge in [-0.15, -0.1) is 0 Å². The molecule has 1 heterocycles. The van der Waals surface area contributed by atoms with Crippen molar-refractivity contribution in [3.05, 3.63) is 29.8 Å². The molecule has 0 bridgehead atoms.